The normalized spacial score (nSPS) is 10.6. The van der Waals surface area contributed by atoms with Gasteiger partial charge in [0.25, 0.3) is 0 Å². The summed E-state index contributed by atoms with van der Waals surface area (Å²) in [6.45, 7) is 4.36. The molecule has 4 nitrogen and oxygen atoms in total. The van der Waals surface area contributed by atoms with Crippen molar-refractivity contribution in [3.63, 3.8) is 0 Å². The third-order valence-electron chi connectivity index (χ3n) is 3.13. The zero-order chi connectivity index (χ0) is 14.6. The van der Waals surface area contributed by atoms with Gasteiger partial charge in [0.1, 0.15) is 11.5 Å². The summed E-state index contributed by atoms with van der Waals surface area (Å²) in [5, 5.41) is 12.0. The van der Waals surface area contributed by atoms with Crippen molar-refractivity contribution in [3.05, 3.63) is 23.8 Å². The average molecular weight is 281 g/mol. The fourth-order valence-electron chi connectivity index (χ4n) is 1.96. The predicted molar refractivity (Wildman–Crippen MR) is 81.4 cm³/mol. The van der Waals surface area contributed by atoms with E-state index in [0.29, 0.717) is 13.1 Å². The summed E-state index contributed by atoms with van der Waals surface area (Å²) in [6, 6.07) is 5.86. The first kappa shape index (κ1) is 16.8. The predicted octanol–water partition coefficient (Wildman–Crippen LogP) is 2.74. The van der Waals surface area contributed by atoms with Crippen LogP contribution in [0.4, 0.5) is 0 Å². The van der Waals surface area contributed by atoms with Gasteiger partial charge in [0.15, 0.2) is 0 Å². The molecular formula is C16H27NO3. The van der Waals surface area contributed by atoms with E-state index in [-0.39, 0.29) is 6.61 Å². The van der Waals surface area contributed by atoms with Gasteiger partial charge in [0.05, 0.1) is 20.3 Å². The molecule has 0 aliphatic heterocycles. The zero-order valence-corrected chi connectivity index (χ0v) is 12.7. The highest BCUT2D eigenvalue weighted by molar-refractivity contribution is 5.40. The van der Waals surface area contributed by atoms with E-state index in [2.05, 4.69) is 12.2 Å². The van der Waals surface area contributed by atoms with Crippen LogP contribution < -0.4 is 14.8 Å². The van der Waals surface area contributed by atoms with E-state index in [1.807, 2.05) is 18.2 Å². The van der Waals surface area contributed by atoms with Gasteiger partial charge in [-0.15, -0.1) is 0 Å². The highest BCUT2D eigenvalue weighted by Gasteiger charge is 2.05. The molecule has 20 heavy (non-hydrogen) atoms. The summed E-state index contributed by atoms with van der Waals surface area (Å²) in [4.78, 5) is 0. The molecule has 0 bridgehead atoms. The fraction of sp³-hybridized carbons (Fsp3) is 0.625. The molecule has 1 aromatic carbocycles. The number of hydrogen-bond acceptors (Lipinski definition) is 4. The fourth-order valence-corrected chi connectivity index (χ4v) is 1.96. The summed E-state index contributed by atoms with van der Waals surface area (Å²) in [7, 11) is 1.66. The van der Waals surface area contributed by atoms with Crippen LogP contribution in [0.5, 0.6) is 11.5 Å². The summed E-state index contributed by atoms with van der Waals surface area (Å²) >= 11 is 0. The van der Waals surface area contributed by atoms with Crippen LogP contribution in [0, 0.1) is 0 Å². The smallest absolute Gasteiger partial charge is 0.127 e. The van der Waals surface area contributed by atoms with Crippen molar-refractivity contribution in [3.8, 4) is 11.5 Å². The number of ether oxygens (including phenoxy) is 2. The molecule has 0 saturated heterocycles. The molecule has 0 amide bonds. The maximum Gasteiger partial charge on any atom is 0.127 e. The van der Waals surface area contributed by atoms with Gasteiger partial charge in [-0.3, -0.25) is 0 Å². The molecule has 0 saturated carbocycles. The molecule has 0 radical (unpaired) electrons. The Labute approximate surface area is 122 Å². The van der Waals surface area contributed by atoms with Gasteiger partial charge in [-0.2, -0.15) is 0 Å². The van der Waals surface area contributed by atoms with Crippen molar-refractivity contribution >= 4 is 0 Å². The van der Waals surface area contributed by atoms with Gasteiger partial charge >= 0.3 is 0 Å². The van der Waals surface area contributed by atoms with E-state index in [1.165, 1.54) is 19.3 Å². The van der Waals surface area contributed by atoms with E-state index in [1.54, 1.807) is 7.11 Å². The summed E-state index contributed by atoms with van der Waals surface area (Å²) in [6.07, 6.45) is 4.77. The van der Waals surface area contributed by atoms with Crippen LogP contribution in [0.2, 0.25) is 0 Å². The summed E-state index contributed by atoms with van der Waals surface area (Å²) < 4.78 is 11.1. The molecular weight excluding hydrogens is 254 g/mol. The summed E-state index contributed by atoms with van der Waals surface area (Å²) in [5.74, 6) is 1.67. The Balaban J connectivity index is 2.54. The standard InChI is InChI=1S/C16H27NO3/c1-3-4-5-6-11-20-16-12-15(19-2)8-7-14(16)13-17-9-10-18/h7-8,12,17-18H,3-6,9-11,13H2,1-2H3. The van der Waals surface area contributed by atoms with Gasteiger partial charge in [-0.1, -0.05) is 32.3 Å². The Kier molecular flexibility index (Phi) is 8.83. The third-order valence-corrected chi connectivity index (χ3v) is 3.13. The number of aliphatic hydroxyl groups excluding tert-OH is 1. The number of aliphatic hydroxyl groups is 1. The Morgan fingerprint density at radius 2 is 2.05 bits per heavy atom. The minimum atomic E-state index is 0.142. The number of unbranched alkanes of at least 4 members (excludes halogenated alkanes) is 3. The van der Waals surface area contributed by atoms with Crippen LogP contribution in [0.25, 0.3) is 0 Å². The second-order valence-corrected chi connectivity index (χ2v) is 4.78. The molecule has 4 heteroatoms. The zero-order valence-electron chi connectivity index (χ0n) is 12.7. The van der Waals surface area contributed by atoms with Gasteiger partial charge in [0.2, 0.25) is 0 Å². The van der Waals surface area contributed by atoms with Crippen LogP contribution in [-0.4, -0.2) is 32.0 Å². The van der Waals surface area contributed by atoms with Crippen molar-refractivity contribution < 1.29 is 14.6 Å². The summed E-state index contributed by atoms with van der Waals surface area (Å²) in [5.41, 5.74) is 1.09. The lowest BCUT2D eigenvalue weighted by Gasteiger charge is -2.13. The first-order valence-electron chi connectivity index (χ1n) is 7.43. The van der Waals surface area contributed by atoms with Crippen molar-refractivity contribution in [1.82, 2.24) is 5.32 Å². The number of nitrogens with one attached hydrogen (secondary N) is 1. The van der Waals surface area contributed by atoms with Gasteiger partial charge in [0, 0.05) is 24.7 Å². The minimum Gasteiger partial charge on any atom is -0.497 e. The third kappa shape index (κ3) is 6.26. The van der Waals surface area contributed by atoms with Crippen molar-refractivity contribution in [1.29, 1.82) is 0 Å². The first-order chi connectivity index (χ1) is 9.81. The Bertz CT molecular complexity index is 369. The molecule has 0 spiro atoms. The topological polar surface area (TPSA) is 50.7 Å². The maximum absolute atomic E-state index is 8.81. The molecule has 114 valence electrons. The quantitative estimate of drug-likeness (QED) is 0.612. The molecule has 0 fully saturated rings. The van der Waals surface area contributed by atoms with E-state index < -0.39 is 0 Å². The molecule has 1 rings (SSSR count). The highest BCUT2D eigenvalue weighted by Crippen LogP contribution is 2.25. The highest BCUT2D eigenvalue weighted by atomic mass is 16.5. The number of rotatable bonds is 11. The van der Waals surface area contributed by atoms with E-state index in [0.717, 1.165) is 30.1 Å². The molecule has 2 N–H and O–H groups in total. The Morgan fingerprint density at radius 1 is 1.20 bits per heavy atom. The van der Waals surface area contributed by atoms with E-state index in [9.17, 15) is 0 Å². The van der Waals surface area contributed by atoms with Crippen LogP contribution >= 0.6 is 0 Å². The molecule has 0 atom stereocenters. The van der Waals surface area contributed by atoms with Gasteiger partial charge < -0.3 is 19.9 Å². The Morgan fingerprint density at radius 3 is 2.75 bits per heavy atom. The average Bonchev–Trinajstić information content (AvgIpc) is 2.48. The van der Waals surface area contributed by atoms with Gasteiger partial charge in [-0.05, 0) is 12.5 Å². The largest absolute Gasteiger partial charge is 0.497 e. The van der Waals surface area contributed by atoms with Crippen molar-refractivity contribution in [2.45, 2.75) is 39.2 Å². The van der Waals surface area contributed by atoms with Crippen LogP contribution in [0.15, 0.2) is 18.2 Å². The monoisotopic (exact) mass is 281 g/mol. The molecule has 1 aromatic rings. The van der Waals surface area contributed by atoms with Crippen LogP contribution in [-0.2, 0) is 6.54 Å². The van der Waals surface area contributed by atoms with E-state index in [4.69, 9.17) is 14.6 Å². The second-order valence-electron chi connectivity index (χ2n) is 4.78. The van der Waals surface area contributed by atoms with Crippen LogP contribution in [0.1, 0.15) is 38.2 Å². The maximum atomic E-state index is 8.81. The first-order valence-corrected chi connectivity index (χ1v) is 7.43. The van der Waals surface area contributed by atoms with E-state index >= 15 is 0 Å². The van der Waals surface area contributed by atoms with Crippen molar-refractivity contribution in [2.24, 2.45) is 0 Å². The lowest BCUT2D eigenvalue weighted by molar-refractivity contribution is 0.287. The SMILES string of the molecule is CCCCCCOc1cc(OC)ccc1CNCCO. The lowest BCUT2D eigenvalue weighted by atomic mass is 10.2. The molecule has 0 aliphatic carbocycles. The molecule has 0 heterocycles. The number of methoxy groups -OCH3 is 1. The van der Waals surface area contributed by atoms with Crippen molar-refractivity contribution in [2.75, 3.05) is 26.9 Å². The number of hydrogen-bond donors (Lipinski definition) is 2. The number of benzene rings is 1. The van der Waals surface area contributed by atoms with Crippen LogP contribution in [0.3, 0.4) is 0 Å². The molecule has 0 aromatic heterocycles. The second kappa shape index (κ2) is 10.5. The lowest BCUT2D eigenvalue weighted by Crippen LogP contribution is -2.18. The Hall–Kier alpha value is -1.26. The molecule has 0 unspecified atom stereocenters. The molecule has 0 aliphatic rings. The van der Waals surface area contributed by atoms with Gasteiger partial charge in [-0.25, -0.2) is 0 Å². The minimum absolute atomic E-state index is 0.142.